The zero-order valence-corrected chi connectivity index (χ0v) is 10.4. The molecule has 0 heterocycles. The van der Waals surface area contributed by atoms with E-state index >= 15 is 0 Å². The Bertz CT molecular complexity index is 647. The number of primary sulfonamides is 1. The van der Waals surface area contributed by atoms with Crippen molar-refractivity contribution in [1.29, 1.82) is 0 Å². The van der Waals surface area contributed by atoms with Gasteiger partial charge in [0.15, 0.2) is 0 Å². The van der Waals surface area contributed by atoms with Crippen molar-refractivity contribution in [3.63, 3.8) is 0 Å². The molecule has 1 aromatic carbocycles. The van der Waals surface area contributed by atoms with Crippen LogP contribution in [0.3, 0.4) is 0 Å². The van der Waals surface area contributed by atoms with Crippen LogP contribution in [0.15, 0.2) is 21.9 Å². The van der Waals surface area contributed by atoms with Crippen LogP contribution >= 0.6 is 0 Å². The van der Waals surface area contributed by atoms with Gasteiger partial charge in [-0.3, -0.25) is 4.55 Å². The van der Waals surface area contributed by atoms with Crippen LogP contribution in [0.5, 0.6) is 0 Å². The number of aryl methyl sites for hydroxylation is 1. The highest BCUT2D eigenvalue weighted by Crippen LogP contribution is 2.26. The summed E-state index contributed by atoms with van der Waals surface area (Å²) in [5.74, 6) is 0. The Kier molecular flexibility index (Phi) is 3.60. The number of sulfonamides is 1. The second-order valence-electron chi connectivity index (χ2n) is 3.37. The molecule has 0 fully saturated rings. The van der Waals surface area contributed by atoms with E-state index in [9.17, 15) is 16.8 Å². The molecule has 0 bridgehead atoms. The molecule has 96 valence electrons. The number of hydrogen-bond acceptors (Lipinski definition) is 5. The van der Waals surface area contributed by atoms with Gasteiger partial charge in [-0.05, 0) is 18.6 Å². The third-order valence-corrected chi connectivity index (χ3v) is 4.22. The molecular weight excluding hydrogens is 270 g/mol. The van der Waals surface area contributed by atoms with Crippen LogP contribution < -0.4 is 5.14 Å². The minimum Gasteiger partial charge on any atom is -0.392 e. The molecule has 0 aromatic heterocycles. The van der Waals surface area contributed by atoms with Gasteiger partial charge >= 0.3 is 0 Å². The first-order valence-electron chi connectivity index (χ1n) is 4.32. The minimum absolute atomic E-state index is 0.115. The average Bonchev–Trinajstić information content (AvgIpc) is 2.12. The molecule has 7 nitrogen and oxygen atoms in total. The van der Waals surface area contributed by atoms with E-state index in [4.69, 9.17) is 14.8 Å². The molecule has 0 spiro atoms. The highest BCUT2D eigenvalue weighted by atomic mass is 32.2. The minimum atomic E-state index is -4.64. The average molecular weight is 281 g/mol. The van der Waals surface area contributed by atoms with E-state index in [2.05, 4.69) is 0 Å². The van der Waals surface area contributed by atoms with Gasteiger partial charge in [0.1, 0.15) is 4.90 Å². The van der Waals surface area contributed by atoms with Crippen LogP contribution in [0.1, 0.15) is 11.1 Å². The molecular formula is C8H11NO6S2. The van der Waals surface area contributed by atoms with Crippen LogP contribution in [-0.2, 0) is 26.7 Å². The maximum Gasteiger partial charge on any atom is 0.295 e. The fourth-order valence-electron chi connectivity index (χ4n) is 1.50. The molecule has 1 rings (SSSR count). The molecule has 0 saturated heterocycles. The molecule has 0 aliphatic carbocycles. The third-order valence-electron chi connectivity index (χ3n) is 2.14. The molecule has 0 saturated carbocycles. The van der Waals surface area contributed by atoms with Crippen molar-refractivity contribution in [3.05, 3.63) is 23.3 Å². The number of aliphatic hydroxyl groups excluding tert-OH is 1. The van der Waals surface area contributed by atoms with Crippen LogP contribution in [0.25, 0.3) is 0 Å². The highest BCUT2D eigenvalue weighted by Gasteiger charge is 2.24. The lowest BCUT2D eigenvalue weighted by molar-refractivity contribution is 0.274. The number of nitrogens with two attached hydrogens (primary N) is 1. The first-order chi connectivity index (χ1) is 7.59. The molecule has 0 unspecified atom stereocenters. The third kappa shape index (κ3) is 2.82. The Morgan fingerprint density at radius 3 is 2.12 bits per heavy atom. The SMILES string of the molecule is Cc1ccc(S(N)(=O)=O)c(CO)c1S(=O)(=O)O. The number of hydrogen-bond donors (Lipinski definition) is 3. The summed E-state index contributed by atoms with van der Waals surface area (Å²) in [6, 6.07) is 2.26. The standard InChI is InChI=1S/C8H11NO6S2/c1-5-2-3-7(16(9,11)12)6(4-10)8(5)17(13,14)15/h2-3,10H,4H2,1H3,(H2,9,11,12)(H,13,14,15). The van der Waals surface area contributed by atoms with E-state index in [1.807, 2.05) is 0 Å². The van der Waals surface area contributed by atoms with Gasteiger partial charge in [-0.15, -0.1) is 0 Å². The summed E-state index contributed by atoms with van der Waals surface area (Å²) in [5, 5.41) is 13.9. The molecule has 4 N–H and O–H groups in total. The topological polar surface area (TPSA) is 135 Å². The maximum absolute atomic E-state index is 11.2. The molecule has 17 heavy (non-hydrogen) atoms. The lowest BCUT2D eigenvalue weighted by Gasteiger charge is -2.11. The van der Waals surface area contributed by atoms with Crippen molar-refractivity contribution in [2.75, 3.05) is 0 Å². The first-order valence-corrected chi connectivity index (χ1v) is 7.31. The Morgan fingerprint density at radius 1 is 1.24 bits per heavy atom. The van der Waals surface area contributed by atoms with E-state index in [0.717, 1.165) is 6.07 Å². The zero-order chi connectivity index (χ0) is 13.4. The summed E-state index contributed by atoms with van der Waals surface area (Å²) in [6.45, 7) is 0.484. The van der Waals surface area contributed by atoms with E-state index in [1.54, 1.807) is 0 Å². The van der Waals surface area contributed by atoms with Crippen LogP contribution in [0, 0.1) is 6.92 Å². The van der Waals surface area contributed by atoms with Crippen LogP contribution in [0.4, 0.5) is 0 Å². The zero-order valence-electron chi connectivity index (χ0n) is 8.78. The molecule has 0 amide bonds. The number of rotatable bonds is 3. The molecule has 0 radical (unpaired) electrons. The number of aliphatic hydroxyl groups is 1. The van der Waals surface area contributed by atoms with Crippen LogP contribution in [0.2, 0.25) is 0 Å². The fourth-order valence-corrected chi connectivity index (χ4v) is 3.30. The Labute approximate surface area is 98.7 Å². The first kappa shape index (κ1) is 14.1. The van der Waals surface area contributed by atoms with Crippen molar-refractivity contribution >= 4 is 20.1 Å². The Hall–Kier alpha value is -1.00. The Balaban J connectivity index is 3.85. The van der Waals surface area contributed by atoms with Crippen LogP contribution in [-0.4, -0.2) is 26.5 Å². The molecule has 0 atom stereocenters. The summed E-state index contributed by atoms with van der Waals surface area (Å²) < 4.78 is 53.6. The van der Waals surface area contributed by atoms with Gasteiger partial charge in [0, 0.05) is 5.56 Å². The van der Waals surface area contributed by atoms with Gasteiger partial charge in [-0.25, -0.2) is 13.6 Å². The molecule has 1 aromatic rings. The molecule has 0 aliphatic rings. The number of benzene rings is 1. The van der Waals surface area contributed by atoms with Gasteiger partial charge < -0.3 is 5.11 Å². The van der Waals surface area contributed by atoms with E-state index in [0.29, 0.717) is 0 Å². The lowest BCUT2D eigenvalue weighted by atomic mass is 10.1. The molecule has 9 heteroatoms. The predicted octanol–water partition coefficient (Wildman–Crippen LogP) is -0.619. The van der Waals surface area contributed by atoms with Crippen molar-refractivity contribution < 1.29 is 26.5 Å². The second-order valence-corrected chi connectivity index (χ2v) is 6.25. The predicted molar refractivity (Wildman–Crippen MR) is 58.3 cm³/mol. The largest absolute Gasteiger partial charge is 0.392 e. The summed E-state index contributed by atoms with van der Waals surface area (Å²) in [6.07, 6.45) is 0. The Morgan fingerprint density at radius 2 is 1.76 bits per heavy atom. The van der Waals surface area contributed by atoms with Gasteiger partial charge in [0.05, 0.1) is 11.5 Å². The maximum atomic E-state index is 11.2. The van der Waals surface area contributed by atoms with Crippen molar-refractivity contribution in [2.45, 2.75) is 23.3 Å². The van der Waals surface area contributed by atoms with Crippen molar-refractivity contribution in [3.8, 4) is 0 Å². The highest BCUT2D eigenvalue weighted by molar-refractivity contribution is 7.89. The lowest BCUT2D eigenvalue weighted by Crippen LogP contribution is -2.17. The summed E-state index contributed by atoms with van der Waals surface area (Å²) in [7, 11) is -8.82. The van der Waals surface area contributed by atoms with E-state index in [-0.39, 0.29) is 5.56 Å². The molecule has 0 aliphatic heterocycles. The monoisotopic (exact) mass is 281 g/mol. The van der Waals surface area contributed by atoms with Gasteiger partial charge in [0.2, 0.25) is 10.0 Å². The van der Waals surface area contributed by atoms with Gasteiger partial charge in [-0.1, -0.05) is 6.07 Å². The summed E-state index contributed by atoms with van der Waals surface area (Å²) in [4.78, 5) is -1.16. The van der Waals surface area contributed by atoms with E-state index in [1.165, 1.54) is 13.0 Å². The summed E-state index contributed by atoms with van der Waals surface area (Å²) >= 11 is 0. The fraction of sp³-hybridized carbons (Fsp3) is 0.250. The normalized spacial score (nSPS) is 12.7. The van der Waals surface area contributed by atoms with E-state index < -0.39 is 42.1 Å². The second kappa shape index (κ2) is 4.35. The van der Waals surface area contributed by atoms with Crippen molar-refractivity contribution in [1.82, 2.24) is 0 Å². The van der Waals surface area contributed by atoms with Gasteiger partial charge in [-0.2, -0.15) is 8.42 Å². The van der Waals surface area contributed by atoms with Gasteiger partial charge in [0.25, 0.3) is 10.1 Å². The quantitative estimate of drug-likeness (QED) is 0.632. The smallest absolute Gasteiger partial charge is 0.295 e. The van der Waals surface area contributed by atoms with Crippen molar-refractivity contribution in [2.24, 2.45) is 5.14 Å². The summed E-state index contributed by atoms with van der Waals surface area (Å²) in [5.41, 5.74) is -0.320.